The second-order valence-electron chi connectivity index (χ2n) is 4.82. The van der Waals surface area contributed by atoms with Crippen molar-refractivity contribution in [2.24, 2.45) is 0 Å². The normalized spacial score (nSPS) is 14.0. The van der Waals surface area contributed by atoms with Gasteiger partial charge in [-0.25, -0.2) is 4.39 Å². The van der Waals surface area contributed by atoms with Crippen LogP contribution in [0.25, 0.3) is 0 Å². The molecule has 3 rings (SSSR count). The van der Waals surface area contributed by atoms with Crippen LogP contribution in [0.5, 0.6) is 5.75 Å². The van der Waals surface area contributed by atoms with Crippen molar-refractivity contribution in [3.8, 4) is 5.75 Å². The maximum Gasteiger partial charge on any atom is 0.254 e. The molecule has 0 bridgehead atoms. The van der Waals surface area contributed by atoms with Crippen molar-refractivity contribution >= 4 is 28.8 Å². The predicted octanol–water partition coefficient (Wildman–Crippen LogP) is 3.75. The molecule has 0 radical (unpaired) electrons. The summed E-state index contributed by atoms with van der Waals surface area (Å²) in [6.07, 6.45) is 0.789. The molecule has 2 heterocycles. The summed E-state index contributed by atoms with van der Waals surface area (Å²) in [4.78, 5) is 15.4. The molecule has 1 amide bonds. The van der Waals surface area contributed by atoms with Gasteiger partial charge in [0, 0.05) is 23.5 Å². The second kappa shape index (κ2) is 5.66. The van der Waals surface area contributed by atoms with E-state index in [4.69, 9.17) is 16.3 Å². The van der Waals surface area contributed by atoms with Crippen molar-refractivity contribution in [2.75, 3.05) is 13.7 Å². The molecule has 0 saturated heterocycles. The van der Waals surface area contributed by atoms with Crippen LogP contribution in [-0.4, -0.2) is 24.5 Å². The second-order valence-corrected chi connectivity index (χ2v) is 6.59. The van der Waals surface area contributed by atoms with Gasteiger partial charge in [0.25, 0.3) is 5.91 Å². The molecule has 6 heteroatoms. The summed E-state index contributed by atoms with van der Waals surface area (Å²) >= 11 is 7.56. The highest BCUT2D eigenvalue weighted by Gasteiger charge is 2.24. The van der Waals surface area contributed by atoms with Crippen LogP contribution in [0, 0.1) is 5.82 Å². The van der Waals surface area contributed by atoms with E-state index in [1.165, 1.54) is 24.1 Å². The summed E-state index contributed by atoms with van der Waals surface area (Å²) in [5.74, 6) is -0.568. The molecule has 2 aromatic rings. The molecule has 1 aliphatic heterocycles. The van der Waals surface area contributed by atoms with E-state index in [0.717, 1.165) is 16.3 Å². The van der Waals surface area contributed by atoms with Gasteiger partial charge in [0.1, 0.15) is 0 Å². The van der Waals surface area contributed by atoms with Crippen LogP contribution in [0.4, 0.5) is 4.39 Å². The van der Waals surface area contributed by atoms with Gasteiger partial charge in [-0.05, 0) is 36.2 Å². The molecule has 0 unspecified atom stereocenters. The van der Waals surface area contributed by atoms with Crippen LogP contribution >= 0.6 is 22.9 Å². The highest BCUT2D eigenvalue weighted by atomic mass is 35.5. The van der Waals surface area contributed by atoms with E-state index < -0.39 is 5.82 Å². The Labute approximate surface area is 130 Å². The number of methoxy groups -OCH3 is 1. The highest BCUT2D eigenvalue weighted by Crippen LogP contribution is 2.31. The van der Waals surface area contributed by atoms with E-state index in [9.17, 15) is 9.18 Å². The Morgan fingerprint density at radius 2 is 2.24 bits per heavy atom. The monoisotopic (exact) mass is 325 g/mol. The maximum absolute atomic E-state index is 13.7. The Hall–Kier alpha value is -1.59. The third kappa shape index (κ3) is 2.76. The van der Waals surface area contributed by atoms with Gasteiger partial charge < -0.3 is 9.64 Å². The lowest BCUT2D eigenvalue weighted by molar-refractivity contribution is 0.0735. The lowest BCUT2D eigenvalue weighted by atomic mass is 10.1. The van der Waals surface area contributed by atoms with Gasteiger partial charge in [-0.2, -0.15) is 0 Å². The highest BCUT2D eigenvalue weighted by molar-refractivity contribution is 7.16. The molecular formula is C15H13ClFNO2S. The topological polar surface area (TPSA) is 29.5 Å². The molecule has 110 valence electrons. The van der Waals surface area contributed by atoms with Crippen LogP contribution in [0.15, 0.2) is 24.3 Å². The number of amides is 1. The fourth-order valence-electron chi connectivity index (χ4n) is 2.45. The van der Waals surface area contributed by atoms with Gasteiger partial charge in [-0.3, -0.25) is 4.79 Å². The molecular weight excluding hydrogens is 313 g/mol. The van der Waals surface area contributed by atoms with E-state index >= 15 is 0 Å². The molecule has 1 aromatic heterocycles. The van der Waals surface area contributed by atoms with Gasteiger partial charge in [0.05, 0.1) is 11.4 Å². The van der Waals surface area contributed by atoms with Gasteiger partial charge >= 0.3 is 0 Å². The largest absolute Gasteiger partial charge is 0.494 e. The van der Waals surface area contributed by atoms with Crippen LogP contribution < -0.4 is 4.74 Å². The fourth-order valence-corrected chi connectivity index (χ4v) is 3.75. The number of hydrogen-bond donors (Lipinski definition) is 0. The smallest absolute Gasteiger partial charge is 0.254 e. The van der Waals surface area contributed by atoms with Gasteiger partial charge in [-0.1, -0.05) is 11.6 Å². The number of fused-ring (bicyclic) bond motifs is 1. The Kier molecular flexibility index (Phi) is 3.87. The Morgan fingerprint density at radius 1 is 1.43 bits per heavy atom. The van der Waals surface area contributed by atoms with Crippen LogP contribution in [0.1, 0.15) is 20.8 Å². The number of halogens is 2. The van der Waals surface area contributed by atoms with E-state index in [1.54, 1.807) is 22.3 Å². The Balaban J connectivity index is 1.81. The van der Waals surface area contributed by atoms with E-state index in [2.05, 4.69) is 0 Å². The molecule has 0 aliphatic carbocycles. The first kappa shape index (κ1) is 14.4. The quantitative estimate of drug-likeness (QED) is 0.841. The first-order valence-corrected chi connectivity index (χ1v) is 7.68. The van der Waals surface area contributed by atoms with E-state index in [1.807, 2.05) is 6.07 Å². The zero-order valence-electron chi connectivity index (χ0n) is 11.4. The van der Waals surface area contributed by atoms with Crippen LogP contribution in [-0.2, 0) is 13.0 Å². The summed E-state index contributed by atoms with van der Waals surface area (Å²) in [6.45, 7) is 1.14. The van der Waals surface area contributed by atoms with Crippen LogP contribution in [0.2, 0.25) is 4.34 Å². The first-order chi connectivity index (χ1) is 10.1. The minimum atomic E-state index is -0.528. The number of rotatable bonds is 2. The van der Waals surface area contributed by atoms with Gasteiger partial charge in [-0.15, -0.1) is 11.3 Å². The van der Waals surface area contributed by atoms with E-state index in [-0.39, 0.29) is 11.7 Å². The fraction of sp³-hybridized carbons (Fsp3) is 0.267. The molecule has 0 saturated carbocycles. The van der Waals surface area contributed by atoms with Crippen molar-refractivity contribution in [1.29, 1.82) is 0 Å². The summed E-state index contributed by atoms with van der Waals surface area (Å²) in [5, 5.41) is 0. The molecule has 0 fully saturated rings. The first-order valence-electron chi connectivity index (χ1n) is 6.48. The molecule has 1 aromatic carbocycles. The van der Waals surface area contributed by atoms with Crippen molar-refractivity contribution < 1.29 is 13.9 Å². The van der Waals surface area contributed by atoms with Crippen molar-refractivity contribution in [3.05, 3.63) is 50.4 Å². The molecule has 0 N–H and O–H groups in total. The SMILES string of the molecule is COc1ccc(C(=O)N2CCc3sc(Cl)cc3C2)cc1F. The predicted molar refractivity (Wildman–Crippen MR) is 80.7 cm³/mol. The number of carbonyl (C=O) groups is 1. The number of carbonyl (C=O) groups excluding carboxylic acids is 1. The Bertz CT molecular complexity index is 701. The van der Waals surface area contributed by atoms with Crippen LogP contribution in [0.3, 0.4) is 0 Å². The lowest BCUT2D eigenvalue weighted by Gasteiger charge is -2.27. The third-order valence-corrected chi connectivity index (χ3v) is 4.89. The summed E-state index contributed by atoms with van der Waals surface area (Å²) in [6, 6.07) is 6.17. The molecule has 0 spiro atoms. The van der Waals surface area contributed by atoms with Gasteiger partial charge in [0.15, 0.2) is 11.6 Å². The minimum absolute atomic E-state index is 0.136. The lowest BCUT2D eigenvalue weighted by Crippen LogP contribution is -2.35. The van der Waals surface area contributed by atoms with Crippen molar-refractivity contribution in [1.82, 2.24) is 4.90 Å². The molecule has 1 aliphatic rings. The zero-order valence-corrected chi connectivity index (χ0v) is 12.9. The molecule has 3 nitrogen and oxygen atoms in total. The molecule has 21 heavy (non-hydrogen) atoms. The summed E-state index contributed by atoms with van der Waals surface area (Å²) < 4.78 is 19.3. The molecule has 0 atom stereocenters. The summed E-state index contributed by atoms with van der Waals surface area (Å²) in [7, 11) is 1.40. The average Bonchev–Trinajstić information content (AvgIpc) is 2.85. The number of hydrogen-bond acceptors (Lipinski definition) is 3. The number of thiophene rings is 1. The van der Waals surface area contributed by atoms with E-state index in [0.29, 0.717) is 18.7 Å². The Morgan fingerprint density at radius 3 is 2.95 bits per heavy atom. The maximum atomic E-state index is 13.7. The standard InChI is InChI=1S/C15H13ClFNO2S/c1-20-12-3-2-9(6-11(12)17)15(19)18-5-4-13-10(8-18)7-14(16)21-13/h2-3,6-7H,4-5,8H2,1H3. The average molecular weight is 326 g/mol. The minimum Gasteiger partial charge on any atom is -0.494 e. The van der Waals surface area contributed by atoms with Gasteiger partial charge in [0.2, 0.25) is 0 Å². The number of nitrogens with zero attached hydrogens (tertiary/aromatic N) is 1. The van der Waals surface area contributed by atoms with Crippen molar-refractivity contribution in [3.63, 3.8) is 0 Å². The number of ether oxygens (including phenoxy) is 1. The summed E-state index contributed by atoms with van der Waals surface area (Å²) in [5.41, 5.74) is 1.41. The third-order valence-electron chi connectivity index (χ3n) is 3.52. The zero-order chi connectivity index (χ0) is 15.0. The number of benzene rings is 1. The van der Waals surface area contributed by atoms with Crippen molar-refractivity contribution in [2.45, 2.75) is 13.0 Å².